The van der Waals surface area contributed by atoms with Gasteiger partial charge >= 0.3 is 0 Å². The van der Waals surface area contributed by atoms with E-state index in [2.05, 4.69) is 28.0 Å². The van der Waals surface area contributed by atoms with Crippen molar-refractivity contribution < 1.29 is 4.74 Å². The van der Waals surface area contributed by atoms with E-state index in [1.165, 1.54) is 0 Å². The van der Waals surface area contributed by atoms with E-state index >= 15 is 0 Å². The first-order chi connectivity index (χ1) is 7.29. The average molecular weight is 229 g/mol. The van der Waals surface area contributed by atoms with Crippen molar-refractivity contribution in [3.63, 3.8) is 0 Å². The zero-order valence-electron chi connectivity index (χ0n) is 9.56. The van der Waals surface area contributed by atoms with Gasteiger partial charge in [-0.3, -0.25) is 0 Å². The largest absolute Gasteiger partial charge is 0.383 e. The van der Waals surface area contributed by atoms with Crippen LogP contribution in [0.2, 0.25) is 0 Å². The number of rotatable bonds is 7. The summed E-state index contributed by atoms with van der Waals surface area (Å²) in [5, 5.41) is 3.25. The van der Waals surface area contributed by atoms with Crippen molar-refractivity contribution in [2.75, 3.05) is 37.6 Å². The maximum absolute atomic E-state index is 4.98. The minimum absolute atomic E-state index is 0.465. The minimum Gasteiger partial charge on any atom is -0.383 e. The first kappa shape index (κ1) is 12.4. The quantitative estimate of drug-likeness (QED) is 0.724. The number of thioether (sulfide) groups is 1. The maximum Gasteiger partial charge on any atom is 0.203 e. The Morgan fingerprint density at radius 2 is 2.47 bits per heavy atom. The Kier molecular flexibility index (Phi) is 5.57. The summed E-state index contributed by atoms with van der Waals surface area (Å²) < 4.78 is 7.14. The van der Waals surface area contributed by atoms with Gasteiger partial charge in [-0.2, -0.15) is 11.8 Å². The second kappa shape index (κ2) is 6.74. The fourth-order valence-corrected chi connectivity index (χ4v) is 2.04. The molecular formula is C10H19N3OS. The number of nitrogens with zero attached hydrogens (tertiary/aromatic N) is 2. The Hall–Kier alpha value is -0.680. The molecule has 1 unspecified atom stereocenters. The third kappa shape index (κ3) is 3.76. The van der Waals surface area contributed by atoms with E-state index in [1.807, 2.05) is 24.2 Å². The molecule has 0 aliphatic heterocycles. The van der Waals surface area contributed by atoms with Crippen LogP contribution in [-0.2, 0) is 4.74 Å². The Morgan fingerprint density at radius 3 is 3.13 bits per heavy atom. The molecule has 1 N–H and O–H groups in total. The summed E-state index contributed by atoms with van der Waals surface area (Å²) in [7, 11) is 1.70. The van der Waals surface area contributed by atoms with Gasteiger partial charge in [-0.05, 0) is 13.2 Å². The molecule has 0 spiro atoms. The molecule has 1 aromatic heterocycles. The molecule has 86 valence electrons. The van der Waals surface area contributed by atoms with E-state index in [-0.39, 0.29) is 0 Å². The van der Waals surface area contributed by atoms with Crippen LogP contribution in [0.15, 0.2) is 12.4 Å². The molecule has 1 rings (SSSR count). The fraction of sp³-hybridized carbons (Fsp3) is 0.700. The predicted molar refractivity (Wildman–Crippen MR) is 65.7 cm³/mol. The average Bonchev–Trinajstić information content (AvgIpc) is 2.67. The molecule has 0 amide bonds. The maximum atomic E-state index is 4.98. The van der Waals surface area contributed by atoms with Gasteiger partial charge < -0.3 is 14.6 Å². The van der Waals surface area contributed by atoms with Crippen LogP contribution in [0.4, 0.5) is 5.95 Å². The molecule has 15 heavy (non-hydrogen) atoms. The summed E-state index contributed by atoms with van der Waals surface area (Å²) in [5.74, 6) is 2.02. The summed E-state index contributed by atoms with van der Waals surface area (Å²) in [6.07, 6.45) is 5.95. The third-order valence-electron chi connectivity index (χ3n) is 2.14. The van der Waals surface area contributed by atoms with E-state index in [1.54, 1.807) is 7.11 Å². The number of hydrogen-bond acceptors (Lipinski definition) is 4. The van der Waals surface area contributed by atoms with Crippen molar-refractivity contribution in [2.24, 2.45) is 0 Å². The van der Waals surface area contributed by atoms with Gasteiger partial charge in [-0.15, -0.1) is 0 Å². The summed E-state index contributed by atoms with van der Waals surface area (Å²) in [4.78, 5) is 4.28. The van der Waals surface area contributed by atoms with Crippen molar-refractivity contribution in [3.8, 4) is 0 Å². The second-order valence-corrected chi connectivity index (χ2v) is 4.29. The standard InChI is InChI=1S/C10H19N3OS/c1-9(8-15-3)13-6-4-11-10(13)12-5-7-14-2/h4,6,9H,5,7-8H2,1-3H3,(H,11,12). The lowest BCUT2D eigenvalue weighted by Crippen LogP contribution is -2.15. The van der Waals surface area contributed by atoms with Crippen LogP contribution in [0.1, 0.15) is 13.0 Å². The van der Waals surface area contributed by atoms with Crippen LogP contribution in [0.25, 0.3) is 0 Å². The Bertz CT molecular complexity index is 277. The Morgan fingerprint density at radius 1 is 1.67 bits per heavy atom. The molecule has 0 saturated heterocycles. The molecule has 4 nitrogen and oxygen atoms in total. The Balaban J connectivity index is 2.52. The van der Waals surface area contributed by atoms with Crippen LogP contribution >= 0.6 is 11.8 Å². The number of aromatic nitrogens is 2. The molecule has 0 fully saturated rings. The number of ether oxygens (including phenoxy) is 1. The second-order valence-electron chi connectivity index (χ2n) is 3.38. The highest BCUT2D eigenvalue weighted by molar-refractivity contribution is 7.98. The molecule has 0 aromatic carbocycles. The predicted octanol–water partition coefficient (Wildman–Crippen LogP) is 1.87. The molecule has 1 aromatic rings. The van der Waals surface area contributed by atoms with Gasteiger partial charge in [0, 0.05) is 37.8 Å². The van der Waals surface area contributed by atoms with Crippen molar-refractivity contribution in [1.82, 2.24) is 9.55 Å². The van der Waals surface area contributed by atoms with Crippen LogP contribution < -0.4 is 5.32 Å². The molecule has 1 heterocycles. The van der Waals surface area contributed by atoms with Crippen molar-refractivity contribution >= 4 is 17.7 Å². The zero-order valence-corrected chi connectivity index (χ0v) is 10.4. The van der Waals surface area contributed by atoms with E-state index in [9.17, 15) is 0 Å². The van der Waals surface area contributed by atoms with Crippen LogP contribution in [0.3, 0.4) is 0 Å². The van der Waals surface area contributed by atoms with Gasteiger partial charge in [0.2, 0.25) is 5.95 Å². The summed E-state index contributed by atoms with van der Waals surface area (Å²) in [5.41, 5.74) is 0. The normalized spacial score (nSPS) is 12.7. The minimum atomic E-state index is 0.465. The molecular weight excluding hydrogens is 210 g/mol. The number of methoxy groups -OCH3 is 1. The first-order valence-corrected chi connectivity index (χ1v) is 6.43. The number of anilines is 1. The Labute approximate surface area is 95.4 Å². The van der Waals surface area contributed by atoms with Gasteiger partial charge in [-0.1, -0.05) is 0 Å². The van der Waals surface area contributed by atoms with Crippen molar-refractivity contribution in [3.05, 3.63) is 12.4 Å². The number of imidazole rings is 1. The summed E-state index contributed by atoms with van der Waals surface area (Å²) >= 11 is 1.84. The molecule has 0 aliphatic rings. The molecule has 0 saturated carbocycles. The monoisotopic (exact) mass is 229 g/mol. The SMILES string of the molecule is COCCNc1nccn1C(C)CSC. The molecule has 0 bridgehead atoms. The van der Waals surface area contributed by atoms with Crippen LogP contribution in [0.5, 0.6) is 0 Å². The van der Waals surface area contributed by atoms with Gasteiger partial charge in [-0.25, -0.2) is 4.98 Å². The molecule has 1 atom stereocenters. The van der Waals surface area contributed by atoms with E-state index in [0.717, 1.165) is 18.2 Å². The summed E-state index contributed by atoms with van der Waals surface area (Å²) in [6.45, 7) is 3.68. The first-order valence-electron chi connectivity index (χ1n) is 5.04. The fourth-order valence-electron chi connectivity index (χ4n) is 1.39. The topological polar surface area (TPSA) is 39.1 Å². The van der Waals surface area contributed by atoms with Gasteiger partial charge in [0.25, 0.3) is 0 Å². The van der Waals surface area contributed by atoms with Crippen molar-refractivity contribution in [1.29, 1.82) is 0 Å². The zero-order chi connectivity index (χ0) is 11.1. The van der Waals surface area contributed by atoms with Gasteiger partial charge in [0.15, 0.2) is 0 Å². The van der Waals surface area contributed by atoms with Crippen molar-refractivity contribution in [2.45, 2.75) is 13.0 Å². The molecule has 5 heteroatoms. The lowest BCUT2D eigenvalue weighted by Gasteiger charge is -2.15. The summed E-state index contributed by atoms with van der Waals surface area (Å²) in [6, 6.07) is 0.465. The van der Waals surface area contributed by atoms with Gasteiger partial charge in [0.1, 0.15) is 0 Å². The van der Waals surface area contributed by atoms with Crippen LogP contribution in [-0.4, -0.2) is 41.8 Å². The highest BCUT2D eigenvalue weighted by atomic mass is 32.2. The van der Waals surface area contributed by atoms with Gasteiger partial charge in [0.05, 0.1) is 6.61 Å². The highest BCUT2D eigenvalue weighted by Crippen LogP contribution is 2.16. The lowest BCUT2D eigenvalue weighted by atomic mass is 10.4. The lowest BCUT2D eigenvalue weighted by molar-refractivity contribution is 0.210. The molecule has 0 aliphatic carbocycles. The molecule has 0 radical (unpaired) electrons. The number of hydrogen-bond donors (Lipinski definition) is 1. The highest BCUT2D eigenvalue weighted by Gasteiger charge is 2.08. The van der Waals surface area contributed by atoms with E-state index in [4.69, 9.17) is 4.74 Å². The smallest absolute Gasteiger partial charge is 0.203 e. The van der Waals surface area contributed by atoms with Crippen LogP contribution in [0, 0.1) is 0 Å². The van der Waals surface area contributed by atoms with E-state index < -0.39 is 0 Å². The third-order valence-corrected chi connectivity index (χ3v) is 2.96. The number of nitrogens with one attached hydrogen (secondary N) is 1. The van der Waals surface area contributed by atoms with E-state index in [0.29, 0.717) is 12.6 Å².